The molecule has 0 spiro atoms. The van der Waals surface area contributed by atoms with Crippen LogP contribution >= 0.6 is 11.7 Å². The Kier molecular flexibility index (Phi) is 3.49. The normalized spacial score (nSPS) is 36.4. The molecule has 1 aromatic carbocycles. The maximum atomic E-state index is 13.4. The number of benzene rings is 1. The maximum absolute atomic E-state index is 13.4. The first kappa shape index (κ1) is 17.6. The number of aromatic nitrogens is 2. The summed E-state index contributed by atoms with van der Waals surface area (Å²) in [5.41, 5.74) is -0.994. The van der Waals surface area contributed by atoms with Gasteiger partial charge in [0.15, 0.2) is 0 Å². The first-order valence-electron chi connectivity index (χ1n) is 8.90. The van der Waals surface area contributed by atoms with E-state index in [0.29, 0.717) is 16.6 Å². The third kappa shape index (κ3) is 1.89. The Labute approximate surface area is 163 Å². The van der Waals surface area contributed by atoms with E-state index in [9.17, 15) is 25.1 Å². The first-order chi connectivity index (χ1) is 13.4. The molecule has 1 aromatic heterocycles. The van der Waals surface area contributed by atoms with Crippen molar-refractivity contribution in [2.75, 3.05) is 11.5 Å². The fourth-order valence-corrected chi connectivity index (χ4v) is 5.74. The highest BCUT2D eigenvalue weighted by atomic mass is 32.1. The second kappa shape index (κ2) is 5.55. The highest BCUT2D eigenvalue weighted by Crippen LogP contribution is 2.62. The predicted octanol–water partition coefficient (Wildman–Crippen LogP) is 0.343. The van der Waals surface area contributed by atoms with Crippen LogP contribution in [-0.4, -0.2) is 54.7 Å². The molecule has 5 rings (SSSR count). The molecule has 0 saturated carbocycles. The van der Waals surface area contributed by atoms with Crippen LogP contribution in [0.2, 0.25) is 0 Å². The number of imide groups is 1. The van der Waals surface area contributed by atoms with Crippen molar-refractivity contribution in [2.45, 2.75) is 37.1 Å². The van der Waals surface area contributed by atoms with Crippen molar-refractivity contribution < 1.29 is 24.5 Å². The van der Waals surface area contributed by atoms with E-state index in [1.54, 1.807) is 6.92 Å². The van der Waals surface area contributed by atoms with Gasteiger partial charge in [-0.15, -0.1) is 0 Å². The molecule has 28 heavy (non-hydrogen) atoms. The lowest BCUT2D eigenvalue weighted by Gasteiger charge is -2.33. The topological polar surface area (TPSA) is 137 Å². The van der Waals surface area contributed by atoms with E-state index in [4.69, 9.17) is 4.74 Å². The lowest BCUT2D eigenvalue weighted by Crippen LogP contribution is -2.49. The van der Waals surface area contributed by atoms with Gasteiger partial charge in [0, 0.05) is 19.4 Å². The molecule has 2 bridgehead atoms. The Bertz CT molecular complexity index is 1080. The molecule has 4 heterocycles. The summed E-state index contributed by atoms with van der Waals surface area (Å²) in [5, 5.41) is 29.3. The SMILES string of the molecule is CC12OC(CCO)(CC1O)C1C(=O)N(c3ccc(C#N)c4nsnc34)C(=O)C12. The van der Waals surface area contributed by atoms with Crippen LogP contribution in [0.4, 0.5) is 5.69 Å². The van der Waals surface area contributed by atoms with Gasteiger partial charge in [-0.05, 0) is 19.1 Å². The van der Waals surface area contributed by atoms with E-state index in [1.165, 1.54) is 12.1 Å². The van der Waals surface area contributed by atoms with Crippen molar-refractivity contribution in [3.05, 3.63) is 17.7 Å². The van der Waals surface area contributed by atoms with Crippen LogP contribution < -0.4 is 4.90 Å². The van der Waals surface area contributed by atoms with Crippen molar-refractivity contribution in [1.29, 1.82) is 5.26 Å². The smallest absolute Gasteiger partial charge is 0.240 e. The molecular formula is C18H16N4O5S. The van der Waals surface area contributed by atoms with Crippen LogP contribution in [0.3, 0.4) is 0 Å². The molecule has 3 aliphatic heterocycles. The van der Waals surface area contributed by atoms with Gasteiger partial charge in [0.05, 0.1) is 46.5 Å². The Balaban J connectivity index is 1.66. The third-order valence-electron chi connectivity index (χ3n) is 6.40. The van der Waals surface area contributed by atoms with Gasteiger partial charge in [-0.2, -0.15) is 14.0 Å². The number of carbonyl (C=O) groups is 2. The zero-order valence-corrected chi connectivity index (χ0v) is 15.6. The number of rotatable bonds is 3. The average molecular weight is 400 g/mol. The molecule has 2 amide bonds. The van der Waals surface area contributed by atoms with E-state index < -0.39 is 41.0 Å². The van der Waals surface area contributed by atoms with E-state index in [2.05, 4.69) is 8.75 Å². The Morgan fingerprint density at radius 2 is 2.04 bits per heavy atom. The van der Waals surface area contributed by atoms with Gasteiger partial charge in [0.1, 0.15) is 22.7 Å². The van der Waals surface area contributed by atoms with Crippen LogP contribution in [0.15, 0.2) is 12.1 Å². The number of fused-ring (bicyclic) bond motifs is 6. The number of aliphatic hydroxyl groups is 2. The van der Waals surface area contributed by atoms with Gasteiger partial charge in [0.2, 0.25) is 11.8 Å². The Morgan fingerprint density at radius 1 is 1.32 bits per heavy atom. The van der Waals surface area contributed by atoms with E-state index in [0.717, 1.165) is 16.6 Å². The highest BCUT2D eigenvalue weighted by Gasteiger charge is 2.76. The second-order valence-corrected chi connectivity index (χ2v) is 8.25. The zero-order valence-electron chi connectivity index (χ0n) is 14.8. The molecule has 9 nitrogen and oxygen atoms in total. The van der Waals surface area contributed by atoms with Gasteiger partial charge >= 0.3 is 0 Å². The first-order valence-corrected chi connectivity index (χ1v) is 9.63. The Morgan fingerprint density at radius 3 is 2.75 bits per heavy atom. The summed E-state index contributed by atoms with van der Waals surface area (Å²) in [4.78, 5) is 27.8. The summed E-state index contributed by atoms with van der Waals surface area (Å²) in [6.07, 6.45) is -0.549. The number of nitriles is 1. The van der Waals surface area contributed by atoms with Crippen LogP contribution in [-0.2, 0) is 14.3 Å². The monoisotopic (exact) mass is 400 g/mol. The average Bonchev–Trinajstić information content (AvgIpc) is 3.35. The number of carbonyl (C=O) groups excluding carboxylic acids is 2. The Hall–Kier alpha value is -2.45. The summed E-state index contributed by atoms with van der Waals surface area (Å²) < 4.78 is 14.4. The van der Waals surface area contributed by atoms with Crippen molar-refractivity contribution in [1.82, 2.24) is 8.75 Å². The molecule has 0 radical (unpaired) electrons. The summed E-state index contributed by atoms with van der Waals surface area (Å²) >= 11 is 0.901. The van der Waals surface area contributed by atoms with Crippen LogP contribution in [0.1, 0.15) is 25.3 Å². The number of hydrogen-bond donors (Lipinski definition) is 2. The minimum absolute atomic E-state index is 0.161. The summed E-state index contributed by atoms with van der Waals surface area (Å²) in [7, 11) is 0. The number of ether oxygens (including phenoxy) is 1. The van der Waals surface area contributed by atoms with Crippen molar-refractivity contribution in [2.24, 2.45) is 11.8 Å². The molecular weight excluding hydrogens is 384 g/mol. The van der Waals surface area contributed by atoms with E-state index >= 15 is 0 Å². The van der Waals surface area contributed by atoms with Crippen molar-refractivity contribution >= 4 is 40.3 Å². The largest absolute Gasteiger partial charge is 0.396 e. The number of anilines is 1. The van der Waals surface area contributed by atoms with Crippen molar-refractivity contribution in [3.63, 3.8) is 0 Å². The zero-order chi connectivity index (χ0) is 19.8. The highest BCUT2D eigenvalue weighted by molar-refractivity contribution is 7.00. The molecule has 2 N–H and O–H groups in total. The molecule has 2 aromatic rings. The maximum Gasteiger partial charge on any atom is 0.240 e. The van der Waals surface area contributed by atoms with Crippen molar-refractivity contribution in [3.8, 4) is 6.07 Å². The van der Waals surface area contributed by atoms with Crippen LogP contribution in [0.5, 0.6) is 0 Å². The predicted molar refractivity (Wildman–Crippen MR) is 96.2 cm³/mol. The lowest BCUT2D eigenvalue weighted by atomic mass is 9.66. The number of aliphatic hydroxyl groups excluding tert-OH is 2. The fourth-order valence-electron chi connectivity index (χ4n) is 5.18. The summed E-state index contributed by atoms with van der Waals surface area (Å²) in [6, 6.07) is 5.07. The van der Waals surface area contributed by atoms with Gasteiger partial charge in [-0.25, -0.2) is 4.90 Å². The summed E-state index contributed by atoms with van der Waals surface area (Å²) in [5.74, 6) is -2.52. The minimum atomic E-state index is -1.19. The molecule has 10 heteroatoms. The van der Waals surface area contributed by atoms with Crippen LogP contribution in [0.25, 0.3) is 11.0 Å². The number of nitrogens with zero attached hydrogens (tertiary/aromatic N) is 4. The lowest BCUT2D eigenvalue weighted by molar-refractivity contribution is -0.134. The molecule has 3 fully saturated rings. The quantitative estimate of drug-likeness (QED) is 0.704. The second-order valence-electron chi connectivity index (χ2n) is 7.72. The molecule has 5 unspecified atom stereocenters. The van der Waals surface area contributed by atoms with E-state index in [-0.39, 0.29) is 25.1 Å². The van der Waals surface area contributed by atoms with Crippen LogP contribution in [0, 0.1) is 23.2 Å². The van der Waals surface area contributed by atoms with Gasteiger partial charge in [-0.3, -0.25) is 9.59 Å². The molecule has 3 saturated heterocycles. The van der Waals surface area contributed by atoms with Gasteiger partial charge in [-0.1, -0.05) is 0 Å². The number of amides is 2. The van der Waals surface area contributed by atoms with E-state index in [1.807, 2.05) is 6.07 Å². The molecule has 144 valence electrons. The summed E-state index contributed by atoms with van der Waals surface area (Å²) in [6.45, 7) is 1.43. The molecule has 3 aliphatic rings. The van der Waals surface area contributed by atoms with Gasteiger partial charge < -0.3 is 14.9 Å². The standard InChI is InChI=1S/C18H16N4O5S/c1-17-10(24)6-18(27-17,4-5-23)12-11(17)15(25)22(16(12)26)9-3-2-8(7-19)13-14(9)21-28-20-13/h2-3,10-12,23-24H,4-6H2,1H3. The number of hydrogen-bond acceptors (Lipinski definition) is 9. The fraction of sp³-hybridized carbons (Fsp3) is 0.500. The molecule has 0 aliphatic carbocycles. The van der Waals surface area contributed by atoms with Gasteiger partial charge in [0.25, 0.3) is 0 Å². The molecule has 5 atom stereocenters. The third-order valence-corrected chi connectivity index (χ3v) is 6.93. The minimum Gasteiger partial charge on any atom is -0.396 e.